The van der Waals surface area contributed by atoms with Crippen LogP contribution in [0.25, 0.3) is 0 Å². The van der Waals surface area contributed by atoms with Crippen LogP contribution in [0.5, 0.6) is 0 Å². The molecule has 1 aromatic carbocycles. The van der Waals surface area contributed by atoms with Crippen molar-refractivity contribution in [3.05, 3.63) is 35.4 Å². The molecule has 0 aliphatic heterocycles. The van der Waals surface area contributed by atoms with Crippen LogP contribution in [0.4, 0.5) is 0 Å². The maximum atomic E-state index is 11.4. The van der Waals surface area contributed by atoms with Gasteiger partial charge in [-0.25, -0.2) is 8.42 Å². The van der Waals surface area contributed by atoms with E-state index in [2.05, 4.69) is 0 Å². The van der Waals surface area contributed by atoms with Gasteiger partial charge in [0, 0.05) is 18.1 Å². The molecule has 0 saturated heterocycles. The van der Waals surface area contributed by atoms with Crippen LogP contribution in [0.15, 0.2) is 24.3 Å². The third-order valence-corrected chi connectivity index (χ3v) is 4.06. The Labute approximate surface area is 109 Å². The Balaban J connectivity index is 2.93. The van der Waals surface area contributed by atoms with E-state index >= 15 is 0 Å². The van der Waals surface area contributed by atoms with Gasteiger partial charge in [-0.15, -0.1) is 0 Å². The van der Waals surface area contributed by atoms with E-state index in [0.717, 1.165) is 11.1 Å². The monoisotopic (exact) mass is 268 g/mol. The second-order valence-corrected chi connectivity index (χ2v) is 7.67. The van der Waals surface area contributed by atoms with Gasteiger partial charge in [-0.3, -0.25) is 4.79 Å². The first-order valence-electron chi connectivity index (χ1n) is 5.87. The SMILES string of the molecule is CC(=O)Cc1ccc(C(C)(C)CS(C)(=O)=O)cc1. The van der Waals surface area contributed by atoms with Crippen molar-refractivity contribution in [3.63, 3.8) is 0 Å². The van der Waals surface area contributed by atoms with Crippen LogP contribution in [0.3, 0.4) is 0 Å². The van der Waals surface area contributed by atoms with Gasteiger partial charge < -0.3 is 0 Å². The zero-order valence-electron chi connectivity index (χ0n) is 11.4. The Hall–Kier alpha value is -1.16. The van der Waals surface area contributed by atoms with E-state index in [1.807, 2.05) is 38.1 Å². The van der Waals surface area contributed by atoms with Crippen LogP contribution >= 0.6 is 0 Å². The van der Waals surface area contributed by atoms with Crippen LogP contribution in [0, 0.1) is 0 Å². The Bertz CT molecular complexity index is 525. The molecule has 0 aliphatic rings. The number of sulfone groups is 1. The molecule has 0 N–H and O–H groups in total. The number of hydrogen-bond acceptors (Lipinski definition) is 3. The summed E-state index contributed by atoms with van der Waals surface area (Å²) in [6.45, 7) is 5.38. The van der Waals surface area contributed by atoms with Crippen molar-refractivity contribution >= 4 is 15.6 Å². The first kappa shape index (κ1) is 14.9. The molecular formula is C14H20O3S. The number of Topliss-reactive ketones (excluding diaryl/α,β-unsaturated/α-hetero) is 1. The van der Waals surface area contributed by atoms with Gasteiger partial charge in [0.2, 0.25) is 0 Å². The smallest absolute Gasteiger partial charge is 0.148 e. The van der Waals surface area contributed by atoms with Gasteiger partial charge in [0.1, 0.15) is 15.6 Å². The minimum absolute atomic E-state index is 0.117. The predicted molar refractivity (Wildman–Crippen MR) is 73.6 cm³/mol. The molecule has 0 radical (unpaired) electrons. The quantitative estimate of drug-likeness (QED) is 0.822. The van der Waals surface area contributed by atoms with Gasteiger partial charge >= 0.3 is 0 Å². The zero-order valence-corrected chi connectivity index (χ0v) is 12.2. The Morgan fingerprint density at radius 1 is 1.17 bits per heavy atom. The van der Waals surface area contributed by atoms with Gasteiger partial charge in [-0.2, -0.15) is 0 Å². The highest BCUT2D eigenvalue weighted by Gasteiger charge is 2.25. The van der Waals surface area contributed by atoms with Crippen molar-refractivity contribution < 1.29 is 13.2 Å². The lowest BCUT2D eigenvalue weighted by molar-refractivity contribution is -0.116. The summed E-state index contributed by atoms with van der Waals surface area (Å²) in [6, 6.07) is 7.59. The van der Waals surface area contributed by atoms with Gasteiger partial charge in [-0.1, -0.05) is 38.1 Å². The molecule has 0 unspecified atom stereocenters. The van der Waals surface area contributed by atoms with Crippen LogP contribution in [0.2, 0.25) is 0 Å². The maximum absolute atomic E-state index is 11.4. The summed E-state index contributed by atoms with van der Waals surface area (Å²) in [5.41, 5.74) is 1.52. The minimum atomic E-state index is -3.01. The summed E-state index contributed by atoms with van der Waals surface area (Å²) in [7, 11) is -3.01. The predicted octanol–water partition coefficient (Wildman–Crippen LogP) is 2.14. The number of ketones is 1. The lowest BCUT2D eigenvalue weighted by Gasteiger charge is -2.24. The molecule has 0 fully saturated rings. The molecule has 0 amide bonds. The number of hydrogen-bond donors (Lipinski definition) is 0. The first-order valence-corrected chi connectivity index (χ1v) is 7.93. The Morgan fingerprint density at radius 3 is 2.06 bits per heavy atom. The second kappa shape index (κ2) is 5.22. The molecule has 0 heterocycles. The molecule has 0 saturated carbocycles. The van der Waals surface area contributed by atoms with E-state index in [4.69, 9.17) is 0 Å². The van der Waals surface area contributed by atoms with Crippen LogP contribution < -0.4 is 0 Å². The van der Waals surface area contributed by atoms with E-state index in [1.54, 1.807) is 6.92 Å². The molecule has 100 valence electrons. The number of benzene rings is 1. The first-order chi connectivity index (χ1) is 8.10. The summed E-state index contributed by atoms with van der Waals surface area (Å²) in [5, 5.41) is 0. The summed E-state index contributed by atoms with van der Waals surface area (Å²) >= 11 is 0. The largest absolute Gasteiger partial charge is 0.300 e. The maximum Gasteiger partial charge on any atom is 0.148 e. The normalized spacial score (nSPS) is 12.4. The zero-order chi connectivity index (χ0) is 14.0. The van der Waals surface area contributed by atoms with E-state index < -0.39 is 15.3 Å². The summed E-state index contributed by atoms with van der Waals surface area (Å²) in [5.74, 6) is 0.240. The van der Waals surface area contributed by atoms with Gasteiger partial charge in [0.05, 0.1) is 5.75 Å². The fraction of sp³-hybridized carbons (Fsp3) is 0.500. The molecule has 0 aliphatic carbocycles. The molecule has 0 bridgehead atoms. The minimum Gasteiger partial charge on any atom is -0.300 e. The van der Waals surface area contributed by atoms with Crippen LogP contribution in [-0.2, 0) is 26.5 Å². The number of rotatable bonds is 5. The highest BCUT2D eigenvalue weighted by molar-refractivity contribution is 7.90. The lowest BCUT2D eigenvalue weighted by Crippen LogP contribution is -2.27. The molecule has 4 heteroatoms. The second-order valence-electron chi connectivity index (χ2n) is 5.53. The highest BCUT2D eigenvalue weighted by atomic mass is 32.2. The topological polar surface area (TPSA) is 51.2 Å². The van der Waals surface area contributed by atoms with Crippen molar-refractivity contribution in [2.75, 3.05) is 12.0 Å². The number of carbonyl (C=O) groups excluding carboxylic acids is 1. The molecular weight excluding hydrogens is 248 g/mol. The van der Waals surface area contributed by atoms with E-state index in [0.29, 0.717) is 6.42 Å². The van der Waals surface area contributed by atoms with Crippen molar-refractivity contribution in [1.82, 2.24) is 0 Å². The van der Waals surface area contributed by atoms with E-state index in [-0.39, 0.29) is 11.5 Å². The molecule has 0 spiro atoms. The highest BCUT2D eigenvalue weighted by Crippen LogP contribution is 2.25. The van der Waals surface area contributed by atoms with E-state index in [1.165, 1.54) is 6.26 Å². The van der Waals surface area contributed by atoms with Crippen molar-refractivity contribution in [3.8, 4) is 0 Å². The average molecular weight is 268 g/mol. The van der Waals surface area contributed by atoms with Gasteiger partial charge in [0.25, 0.3) is 0 Å². The molecule has 3 nitrogen and oxygen atoms in total. The summed E-state index contributed by atoms with van der Waals surface area (Å²) in [6.07, 6.45) is 1.67. The molecule has 1 rings (SSSR count). The van der Waals surface area contributed by atoms with Crippen LogP contribution in [-0.4, -0.2) is 26.2 Å². The van der Waals surface area contributed by atoms with Crippen molar-refractivity contribution in [2.24, 2.45) is 0 Å². The van der Waals surface area contributed by atoms with Gasteiger partial charge in [-0.05, 0) is 18.1 Å². The van der Waals surface area contributed by atoms with Crippen molar-refractivity contribution in [2.45, 2.75) is 32.6 Å². The average Bonchev–Trinajstić information content (AvgIpc) is 2.13. The standard InChI is InChI=1S/C14H20O3S/c1-11(15)9-12-5-7-13(8-6-12)14(2,3)10-18(4,16)17/h5-8H,9-10H2,1-4H3. The molecule has 0 atom stereocenters. The van der Waals surface area contributed by atoms with Crippen molar-refractivity contribution in [1.29, 1.82) is 0 Å². The summed E-state index contributed by atoms with van der Waals surface area (Å²) < 4.78 is 22.8. The number of carbonyl (C=O) groups is 1. The third kappa shape index (κ3) is 4.61. The van der Waals surface area contributed by atoms with Gasteiger partial charge in [0.15, 0.2) is 0 Å². The summed E-state index contributed by atoms with van der Waals surface area (Å²) in [4.78, 5) is 11.0. The Kier molecular flexibility index (Phi) is 4.32. The Morgan fingerprint density at radius 2 is 1.67 bits per heavy atom. The fourth-order valence-electron chi connectivity index (χ4n) is 2.10. The molecule has 18 heavy (non-hydrogen) atoms. The van der Waals surface area contributed by atoms with E-state index in [9.17, 15) is 13.2 Å². The lowest BCUT2D eigenvalue weighted by atomic mass is 9.86. The van der Waals surface area contributed by atoms with Crippen LogP contribution in [0.1, 0.15) is 31.9 Å². The third-order valence-electron chi connectivity index (χ3n) is 2.81. The molecule has 1 aromatic rings. The molecule has 0 aromatic heterocycles. The fourth-order valence-corrected chi connectivity index (χ4v) is 3.58.